The number of nitro benzene ring substituents is 1. The Bertz CT molecular complexity index is 975. The van der Waals surface area contributed by atoms with Crippen LogP contribution in [0.5, 0.6) is 11.5 Å². The number of hydrogen-bond donors (Lipinski definition) is 0. The van der Waals surface area contributed by atoms with Crippen molar-refractivity contribution in [3.8, 4) is 11.5 Å². The smallest absolute Gasteiger partial charge is 0.273 e. The summed E-state index contributed by atoms with van der Waals surface area (Å²) in [4.78, 5) is 10.4. The maximum atomic E-state index is 12.2. The molecule has 0 N–H and O–H groups in total. The number of rotatable bonds is 7. The van der Waals surface area contributed by atoms with Crippen LogP contribution in [0.2, 0.25) is 0 Å². The predicted octanol–water partition coefficient (Wildman–Crippen LogP) is 2.44. The molecule has 27 heavy (non-hydrogen) atoms. The highest BCUT2D eigenvalue weighted by molar-refractivity contribution is 7.98. The fourth-order valence-electron chi connectivity index (χ4n) is 2.20. The summed E-state index contributed by atoms with van der Waals surface area (Å²) in [6.45, 7) is 0. The van der Waals surface area contributed by atoms with E-state index in [1.165, 1.54) is 36.1 Å². The zero-order chi connectivity index (χ0) is 19.2. The molecule has 0 saturated carbocycles. The number of thioether (sulfide) groups is 1. The molecule has 1 heterocycles. The summed E-state index contributed by atoms with van der Waals surface area (Å²) in [5.74, 6) is 0.0680. The first-order valence-electron chi connectivity index (χ1n) is 7.73. The van der Waals surface area contributed by atoms with Crippen LogP contribution < -0.4 is 9.84 Å². The third-order valence-electron chi connectivity index (χ3n) is 3.53. The van der Waals surface area contributed by atoms with Crippen molar-refractivity contribution in [1.82, 2.24) is 14.9 Å². The van der Waals surface area contributed by atoms with Gasteiger partial charge >= 0.3 is 0 Å². The Balaban J connectivity index is 1.82. The molecule has 0 spiro atoms. The minimum atomic E-state index is -0.598. The standard InChI is InChI=1S/C17H15N5O4S/c1-26-15-8-14(22(24)25)7-13(16(15)23)9-19-21-11-18-20-17(21)27-10-12-5-3-2-4-6-12/h2-9,11,23H,10H2,1H3/p-1/b19-9-. The Morgan fingerprint density at radius 2 is 2.11 bits per heavy atom. The lowest BCUT2D eigenvalue weighted by Gasteiger charge is -2.14. The highest BCUT2D eigenvalue weighted by Gasteiger charge is 2.12. The summed E-state index contributed by atoms with van der Waals surface area (Å²) >= 11 is 1.43. The van der Waals surface area contributed by atoms with Crippen LogP contribution in [-0.2, 0) is 5.75 Å². The van der Waals surface area contributed by atoms with Gasteiger partial charge in [-0.15, -0.1) is 10.2 Å². The third-order valence-corrected chi connectivity index (χ3v) is 4.54. The molecule has 0 bridgehead atoms. The molecule has 0 radical (unpaired) electrons. The van der Waals surface area contributed by atoms with E-state index in [2.05, 4.69) is 15.3 Å². The molecule has 1 aromatic heterocycles. The first-order valence-corrected chi connectivity index (χ1v) is 8.71. The van der Waals surface area contributed by atoms with E-state index < -0.39 is 10.7 Å². The fraction of sp³-hybridized carbons (Fsp3) is 0.118. The Morgan fingerprint density at radius 1 is 1.33 bits per heavy atom. The van der Waals surface area contributed by atoms with Crippen molar-refractivity contribution in [2.24, 2.45) is 5.10 Å². The van der Waals surface area contributed by atoms with Gasteiger partial charge < -0.3 is 9.84 Å². The summed E-state index contributed by atoms with van der Waals surface area (Å²) in [5, 5.41) is 35.8. The molecule has 0 fully saturated rings. The normalized spacial score (nSPS) is 11.0. The van der Waals surface area contributed by atoms with Crippen molar-refractivity contribution in [3.05, 3.63) is 70.0 Å². The van der Waals surface area contributed by atoms with Crippen molar-refractivity contribution in [3.63, 3.8) is 0 Å². The average molecular weight is 384 g/mol. The van der Waals surface area contributed by atoms with Gasteiger partial charge in [0.15, 0.2) is 0 Å². The number of aromatic nitrogens is 3. The highest BCUT2D eigenvalue weighted by atomic mass is 32.2. The molecule has 0 aliphatic rings. The quantitative estimate of drug-likeness (QED) is 0.266. The Labute approximate surface area is 158 Å². The summed E-state index contributed by atoms with van der Waals surface area (Å²) in [5.41, 5.74) is 0.899. The van der Waals surface area contributed by atoms with E-state index in [0.717, 1.165) is 17.7 Å². The fourth-order valence-corrected chi connectivity index (χ4v) is 3.02. The topological polar surface area (TPSA) is 118 Å². The second kappa shape index (κ2) is 8.32. The molecule has 0 aliphatic carbocycles. The SMILES string of the molecule is COc1cc([N+](=O)[O-])cc(/C=N\n2cnnc2SCc2ccccc2)c1[O-]. The van der Waals surface area contributed by atoms with Gasteiger partial charge in [0.1, 0.15) is 12.1 Å². The summed E-state index contributed by atoms with van der Waals surface area (Å²) in [6, 6.07) is 12.1. The molecule has 0 atom stereocenters. The second-order valence-corrected chi connectivity index (χ2v) is 6.24. The van der Waals surface area contributed by atoms with Crippen LogP contribution >= 0.6 is 11.8 Å². The van der Waals surface area contributed by atoms with Crippen molar-refractivity contribution in [2.45, 2.75) is 10.9 Å². The molecule has 10 heteroatoms. The van der Waals surface area contributed by atoms with Crippen LogP contribution in [0, 0.1) is 10.1 Å². The van der Waals surface area contributed by atoms with E-state index in [0.29, 0.717) is 10.9 Å². The van der Waals surface area contributed by atoms with Crippen molar-refractivity contribution in [1.29, 1.82) is 0 Å². The monoisotopic (exact) mass is 384 g/mol. The molecule has 0 unspecified atom stereocenters. The van der Waals surface area contributed by atoms with Crippen molar-refractivity contribution < 1.29 is 14.8 Å². The van der Waals surface area contributed by atoms with Crippen LogP contribution in [0.15, 0.2) is 59.0 Å². The van der Waals surface area contributed by atoms with E-state index in [-0.39, 0.29) is 17.0 Å². The maximum absolute atomic E-state index is 12.2. The molecule has 0 saturated heterocycles. The predicted molar refractivity (Wildman–Crippen MR) is 98.1 cm³/mol. The van der Waals surface area contributed by atoms with Gasteiger partial charge in [0.05, 0.1) is 24.3 Å². The Hall–Kier alpha value is -3.40. The number of ether oxygens (including phenoxy) is 1. The van der Waals surface area contributed by atoms with Gasteiger partial charge in [0.25, 0.3) is 5.69 Å². The lowest BCUT2D eigenvalue weighted by Crippen LogP contribution is -2.03. The minimum absolute atomic E-state index is 0.0359. The highest BCUT2D eigenvalue weighted by Crippen LogP contribution is 2.31. The molecule has 138 valence electrons. The molecule has 0 aliphatic heterocycles. The molecule has 3 rings (SSSR count). The summed E-state index contributed by atoms with van der Waals surface area (Å²) < 4.78 is 6.31. The first kappa shape index (κ1) is 18.4. The van der Waals surface area contributed by atoms with E-state index in [1.807, 2.05) is 30.3 Å². The lowest BCUT2D eigenvalue weighted by atomic mass is 10.2. The summed E-state index contributed by atoms with van der Waals surface area (Å²) in [6.07, 6.45) is 2.62. The molecule has 9 nitrogen and oxygen atoms in total. The van der Waals surface area contributed by atoms with Gasteiger partial charge in [-0.1, -0.05) is 47.8 Å². The van der Waals surface area contributed by atoms with Gasteiger partial charge in [0.2, 0.25) is 5.16 Å². The second-order valence-electron chi connectivity index (χ2n) is 5.30. The Morgan fingerprint density at radius 3 is 2.81 bits per heavy atom. The zero-order valence-electron chi connectivity index (χ0n) is 14.2. The van der Waals surface area contributed by atoms with Crippen molar-refractivity contribution >= 4 is 23.7 Å². The van der Waals surface area contributed by atoms with E-state index >= 15 is 0 Å². The minimum Gasteiger partial charge on any atom is -0.870 e. The van der Waals surface area contributed by atoms with Gasteiger partial charge in [-0.25, -0.2) is 0 Å². The molecule has 0 amide bonds. The van der Waals surface area contributed by atoms with Gasteiger partial charge in [0, 0.05) is 11.8 Å². The van der Waals surface area contributed by atoms with E-state index in [9.17, 15) is 15.2 Å². The number of methoxy groups -OCH3 is 1. The van der Waals surface area contributed by atoms with Crippen LogP contribution in [0.25, 0.3) is 0 Å². The lowest BCUT2D eigenvalue weighted by molar-refractivity contribution is -0.385. The maximum Gasteiger partial charge on any atom is 0.273 e. The van der Waals surface area contributed by atoms with Gasteiger partial charge in [-0.05, 0) is 11.1 Å². The van der Waals surface area contributed by atoms with Crippen LogP contribution in [0.4, 0.5) is 5.69 Å². The van der Waals surface area contributed by atoms with Crippen LogP contribution in [0.1, 0.15) is 11.1 Å². The van der Waals surface area contributed by atoms with Gasteiger partial charge in [-0.3, -0.25) is 10.1 Å². The average Bonchev–Trinajstić information content (AvgIpc) is 3.13. The number of nitrogens with zero attached hydrogens (tertiary/aromatic N) is 5. The molecule has 3 aromatic rings. The van der Waals surface area contributed by atoms with Gasteiger partial charge in [-0.2, -0.15) is 9.78 Å². The molecule has 2 aromatic carbocycles. The number of hydrogen-bond acceptors (Lipinski definition) is 8. The van der Waals surface area contributed by atoms with E-state index in [4.69, 9.17) is 4.74 Å². The number of benzene rings is 2. The number of nitro groups is 1. The van der Waals surface area contributed by atoms with Crippen LogP contribution in [0.3, 0.4) is 0 Å². The zero-order valence-corrected chi connectivity index (χ0v) is 15.0. The molecular weight excluding hydrogens is 370 g/mol. The Kier molecular flexibility index (Phi) is 5.67. The van der Waals surface area contributed by atoms with Crippen LogP contribution in [-0.4, -0.2) is 33.1 Å². The van der Waals surface area contributed by atoms with Crippen molar-refractivity contribution in [2.75, 3.05) is 7.11 Å². The summed E-state index contributed by atoms with van der Waals surface area (Å²) in [7, 11) is 1.28. The number of non-ortho nitro benzene ring substituents is 1. The first-order chi connectivity index (χ1) is 13.1. The largest absolute Gasteiger partial charge is 0.870 e. The molecular formula is C17H14N5O4S-. The van der Waals surface area contributed by atoms with E-state index in [1.54, 1.807) is 0 Å². The third kappa shape index (κ3) is 4.42.